The van der Waals surface area contributed by atoms with Gasteiger partial charge in [0, 0.05) is 5.69 Å². The molecule has 2 amide bonds. The molecule has 0 aromatic heterocycles. The fourth-order valence-corrected chi connectivity index (χ4v) is 1.39. The highest BCUT2D eigenvalue weighted by molar-refractivity contribution is 5.90. The normalized spacial score (nSPS) is 10.2. The first kappa shape index (κ1) is 11.9. The highest BCUT2D eigenvalue weighted by Gasteiger charge is 1.97. The van der Waals surface area contributed by atoms with Crippen LogP contribution in [0.15, 0.2) is 65.8 Å². The number of para-hydroxylation sites is 1. The summed E-state index contributed by atoms with van der Waals surface area (Å²) in [4.78, 5) is 11.5. The predicted octanol–water partition coefficient (Wildman–Crippen LogP) is 2.84. The molecule has 2 aromatic rings. The molecule has 90 valence electrons. The lowest BCUT2D eigenvalue weighted by Gasteiger charge is -2.02. The van der Waals surface area contributed by atoms with Crippen molar-refractivity contribution >= 4 is 17.9 Å². The Bertz CT molecular complexity index is 523. The van der Waals surface area contributed by atoms with Crippen molar-refractivity contribution < 1.29 is 4.79 Å². The second-order valence-corrected chi connectivity index (χ2v) is 3.60. The van der Waals surface area contributed by atoms with E-state index in [0.717, 1.165) is 11.3 Å². The van der Waals surface area contributed by atoms with Crippen LogP contribution in [0.3, 0.4) is 0 Å². The molecular formula is C14H13N3O. The number of hydrazone groups is 1. The van der Waals surface area contributed by atoms with Crippen molar-refractivity contribution in [2.45, 2.75) is 0 Å². The van der Waals surface area contributed by atoms with Crippen LogP contribution >= 0.6 is 0 Å². The summed E-state index contributed by atoms with van der Waals surface area (Å²) >= 11 is 0. The van der Waals surface area contributed by atoms with E-state index in [-0.39, 0.29) is 6.03 Å². The lowest BCUT2D eigenvalue weighted by Crippen LogP contribution is -2.24. The minimum Gasteiger partial charge on any atom is -0.307 e. The van der Waals surface area contributed by atoms with Crippen LogP contribution in [0.2, 0.25) is 0 Å². The number of hydrogen-bond donors (Lipinski definition) is 2. The van der Waals surface area contributed by atoms with Gasteiger partial charge in [0.05, 0.1) is 6.21 Å². The van der Waals surface area contributed by atoms with Gasteiger partial charge in [-0.05, 0) is 17.7 Å². The number of urea groups is 1. The van der Waals surface area contributed by atoms with Crippen LogP contribution in [0.5, 0.6) is 0 Å². The average molecular weight is 239 g/mol. The Morgan fingerprint density at radius 1 is 0.944 bits per heavy atom. The number of carbonyl (C=O) groups excluding carboxylic acids is 1. The molecule has 0 aliphatic carbocycles. The maximum Gasteiger partial charge on any atom is 0.339 e. The molecule has 0 atom stereocenters. The number of benzene rings is 2. The molecule has 4 nitrogen and oxygen atoms in total. The quantitative estimate of drug-likeness (QED) is 0.628. The Kier molecular flexibility index (Phi) is 4.08. The summed E-state index contributed by atoms with van der Waals surface area (Å²) in [6.45, 7) is 0. The van der Waals surface area contributed by atoms with Crippen molar-refractivity contribution in [1.82, 2.24) is 5.43 Å². The SMILES string of the molecule is O=C(NN=Cc1ccccc1)Nc1ccccc1. The Labute approximate surface area is 105 Å². The number of nitrogens with one attached hydrogen (secondary N) is 2. The van der Waals surface area contributed by atoms with Gasteiger partial charge in [0.15, 0.2) is 0 Å². The molecule has 18 heavy (non-hydrogen) atoms. The van der Waals surface area contributed by atoms with Gasteiger partial charge in [-0.25, -0.2) is 10.2 Å². The number of nitrogens with zero attached hydrogens (tertiary/aromatic N) is 1. The van der Waals surface area contributed by atoms with Crippen molar-refractivity contribution in [3.05, 3.63) is 66.2 Å². The van der Waals surface area contributed by atoms with Crippen LogP contribution in [-0.2, 0) is 0 Å². The summed E-state index contributed by atoms with van der Waals surface area (Å²) in [6, 6.07) is 18.4. The first-order valence-corrected chi connectivity index (χ1v) is 5.55. The van der Waals surface area contributed by atoms with Gasteiger partial charge in [-0.15, -0.1) is 0 Å². The minimum absolute atomic E-state index is 0.367. The molecule has 0 aliphatic rings. The van der Waals surface area contributed by atoms with Gasteiger partial charge in [0.25, 0.3) is 0 Å². The van der Waals surface area contributed by atoms with Crippen molar-refractivity contribution in [3.63, 3.8) is 0 Å². The number of rotatable bonds is 3. The van der Waals surface area contributed by atoms with Crippen LogP contribution in [0.4, 0.5) is 10.5 Å². The molecule has 0 saturated heterocycles. The Morgan fingerprint density at radius 3 is 2.22 bits per heavy atom. The number of amides is 2. The largest absolute Gasteiger partial charge is 0.339 e. The molecule has 2 aromatic carbocycles. The first-order chi connectivity index (χ1) is 8.84. The van der Waals surface area contributed by atoms with Gasteiger partial charge in [-0.3, -0.25) is 0 Å². The van der Waals surface area contributed by atoms with Gasteiger partial charge in [-0.1, -0.05) is 48.5 Å². The van der Waals surface area contributed by atoms with E-state index in [1.807, 2.05) is 48.5 Å². The van der Waals surface area contributed by atoms with Crippen molar-refractivity contribution in [2.24, 2.45) is 5.10 Å². The van der Waals surface area contributed by atoms with E-state index < -0.39 is 0 Å². The summed E-state index contributed by atoms with van der Waals surface area (Å²) in [5.74, 6) is 0. The van der Waals surface area contributed by atoms with Gasteiger partial charge >= 0.3 is 6.03 Å². The monoisotopic (exact) mass is 239 g/mol. The number of hydrogen-bond acceptors (Lipinski definition) is 2. The summed E-state index contributed by atoms with van der Waals surface area (Å²) in [7, 11) is 0. The smallest absolute Gasteiger partial charge is 0.307 e. The first-order valence-electron chi connectivity index (χ1n) is 5.55. The van der Waals surface area contributed by atoms with Gasteiger partial charge in [0.2, 0.25) is 0 Å². The predicted molar refractivity (Wildman–Crippen MR) is 72.6 cm³/mol. The fraction of sp³-hybridized carbons (Fsp3) is 0. The van der Waals surface area contributed by atoms with Crippen LogP contribution < -0.4 is 10.7 Å². The number of anilines is 1. The molecule has 0 bridgehead atoms. The third-order valence-electron chi connectivity index (χ3n) is 2.21. The number of carbonyl (C=O) groups is 1. The van der Waals surface area contributed by atoms with Gasteiger partial charge in [0.1, 0.15) is 0 Å². The molecule has 2 rings (SSSR count). The second-order valence-electron chi connectivity index (χ2n) is 3.60. The molecule has 0 aliphatic heterocycles. The van der Waals surface area contributed by atoms with E-state index in [9.17, 15) is 4.79 Å². The topological polar surface area (TPSA) is 53.5 Å². The van der Waals surface area contributed by atoms with Crippen molar-refractivity contribution in [1.29, 1.82) is 0 Å². The van der Waals surface area contributed by atoms with Crippen molar-refractivity contribution in [3.8, 4) is 0 Å². The zero-order valence-electron chi connectivity index (χ0n) is 9.71. The Balaban J connectivity index is 1.84. The van der Waals surface area contributed by atoms with E-state index in [2.05, 4.69) is 15.8 Å². The van der Waals surface area contributed by atoms with Gasteiger partial charge < -0.3 is 5.32 Å². The molecule has 0 saturated carbocycles. The summed E-state index contributed by atoms with van der Waals surface area (Å²) < 4.78 is 0. The Hall–Kier alpha value is -2.62. The van der Waals surface area contributed by atoms with Crippen LogP contribution in [0.1, 0.15) is 5.56 Å². The van der Waals surface area contributed by atoms with E-state index >= 15 is 0 Å². The lowest BCUT2D eigenvalue weighted by atomic mass is 10.2. The highest BCUT2D eigenvalue weighted by Crippen LogP contribution is 2.03. The van der Waals surface area contributed by atoms with E-state index in [1.54, 1.807) is 18.3 Å². The van der Waals surface area contributed by atoms with E-state index in [1.165, 1.54) is 0 Å². The molecule has 0 heterocycles. The highest BCUT2D eigenvalue weighted by atomic mass is 16.2. The summed E-state index contributed by atoms with van der Waals surface area (Å²) in [6.07, 6.45) is 1.59. The van der Waals surface area contributed by atoms with Gasteiger partial charge in [-0.2, -0.15) is 5.10 Å². The average Bonchev–Trinajstić information content (AvgIpc) is 2.41. The zero-order valence-corrected chi connectivity index (χ0v) is 9.71. The minimum atomic E-state index is -0.367. The van der Waals surface area contributed by atoms with Crippen LogP contribution in [-0.4, -0.2) is 12.2 Å². The molecule has 0 fully saturated rings. The lowest BCUT2D eigenvalue weighted by molar-refractivity contribution is 0.252. The molecule has 2 N–H and O–H groups in total. The molecular weight excluding hydrogens is 226 g/mol. The van der Waals surface area contributed by atoms with Crippen LogP contribution in [0, 0.1) is 0 Å². The fourth-order valence-electron chi connectivity index (χ4n) is 1.39. The zero-order chi connectivity index (χ0) is 12.6. The maximum absolute atomic E-state index is 11.5. The third kappa shape index (κ3) is 3.75. The summed E-state index contributed by atoms with van der Waals surface area (Å²) in [5, 5.41) is 6.52. The van der Waals surface area contributed by atoms with E-state index in [0.29, 0.717) is 0 Å². The van der Waals surface area contributed by atoms with E-state index in [4.69, 9.17) is 0 Å². The maximum atomic E-state index is 11.5. The third-order valence-corrected chi connectivity index (χ3v) is 2.21. The molecule has 0 unspecified atom stereocenters. The van der Waals surface area contributed by atoms with Crippen molar-refractivity contribution in [2.75, 3.05) is 5.32 Å². The second kappa shape index (κ2) is 6.20. The molecule has 4 heteroatoms. The molecule has 0 radical (unpaired) electrons. The molecule has 0 spiro atoms. The Morgan fingerprint density at radius 2 is 1.56 bits per heavy atom. The van der Waals surface area contributed by atoms with Crippen LogP contribution in [0.25, 0.3) is 0 Å². The summed E-state index contributed by atoms with van der Waals surface area (Å²) in [5.41, 5.74) is 4.05. The standard InChI is InChI=1S/C14H13N3O/c18-14(16-13-9-5-2-6-10-13)17-15-11-12-7-3-1-4-8-12/h1-11H,(H2,16,17,18).